The highest BCUT2D eigenvalue weighted by atomic mass is 35.5. The zero-order chi connectivity index (χ0) is 12.1. The topological polar surface area (TPSA) is 26.0 Å². The van der Waals surface area contributed by atoms with Gasteiger partial charge in [-0.05, 0) is 30.2 Å². The maximum absolute atomic E-state index is 6.10. The highest BCUT2D eigenvalue weighted by Crippen LogP contribution is 2.29. The molecule has 0 heterocycles. The van der Waals surface area contributed by atoms with Crippen molar-refractivity contribution in [2.75, 3.05) is 11.5 Å². The molecule has 17 heavy (non-hydrogen) atoms. The van der Waals surface area contributed by atoms with Gasteiger partial charge in [-0.2, -0.15) is 0 Å². The molecule has 0 aliphatic carbocycles. The van der Waals surface area contributed by atoms with Gasteiger partial charge < -0.3 is 5.73 Å². The van der Waals surface area contributed by atoms with E-state index in [1.54, 1.807) is 11.8 Å². The number of rotatable bonds is 4. The fourth-order valence-corrected chi connectivity index (χ4v) is 2.82. The summed E-state index contributed by atoms with van der Waals surface area (Å²) in [6.45, 7) is 0. The smallest absolute Gasteiger partial charge is 0.0543 e. The normalized spacial score (nSPS) is 10.4. The van der Waals surface area contributed by atoms with Crippen LogP contribution in [-0.2, 0) is 6.42 Å². The first kappa shape index (κ1) is 12.3. The van der Waals surface area contributed by atoms with Crippen molar-refractivity contribution in [1.29, 1.82) is 0 Å². The zero-order valence-corrected chi connectivity index (χ0v) is 11.0. The number of hydrogen-bond donors (Lipinski definition) is 1. The van der Waals surface area contributed by atoms with Gasteiger partial charge in [0, 0.05) is 16.3 Å². The van der Waals surface area contributed by atoms with Crippen molar-refractivity contribution in [3.8, 4) is 0 Å². The van der Waals surface area contributed by atoms with Gasteiger partial charge in [0.1, 0.15) is 0 Å². The Hall–Kier alpha value is -1.12. The van der Waals surface area contributed by atoms with Crippen molar-refractivity contribution >= 4 is 29.1 Å². The van der Waals surface area contributed by atoms with Crippen LogP contribution in [0.25, 0.3) is 0 Å². The summed E-state index contributed by atoms with van der Waals surface area (Å²) in [5.74, 6) is 1.01. The van der Waals surface area contributed by atoms with Crippen LogP contribution in [0.15, 0.2) is 53.4 Å². The molecule has 3 heteroatoms. The van der Waals surface area contributed by atoms with E-state index in [0.717, 1.165) is 27.8 Å². The predicted octanol–water partition coefficient (Wildman–Crippen LogP) is 4.26. The van der Waals surface area contributed by atoms with Crippen LogP contribution in [0.1, 0.15) is 5.56 Å². The van der Waals surface area contributed by atoms with Crippen molar-refractivity contribution in [2.45, 2.75) is 11.3 Å². The van der Waals surface area contributed by atoms with Gasteiger partial charge in [-0.3, -0.25) is 0 Å². The number of thioether (sulfide) groups is 1. The lowest BCUT2D eigenvalue weighted by Crippen LogP contribution is -1.89. The number of nitrogen functional groups attached to an aromatic ring is 1. The Bertz CT molecular complexity index is 485. The summed E-state index contributed by atoms with van der Waals surface area (Å²) in [5, 5.41) is 0.775. The molecule has 0 aliphatic heterocycles. The van der Waals surface area contributed by atoms with Crippen molar-refractivity contribution in [3.63, 3.8) is 0 Å². The summed E-state index contributed by atoms with van der Waals surface area (Å²) in [6.07, 6.45) is 1.04. The Morgan fingerprint density at radius 3 is 2.59 bits per heavy atom. The highest BCUT2D eigenvalue weighted by molar-refractivity contribution is 7.99. The lowest BCUT2D eigenvalue weighted by atomic mass is 10.2. The molecule has 2 aromatic rings. The molecule has 0 saturated carbocycles. The second-order valence-electron chi connectivity index (χ2n) is 3.77. The van der Waals surface area contributed by atoms with Gasteiger partial charge in [-0.1, -0.05) is 41.9 Å². The van der Waals surface area contributed by atoms with E-state index in [9.17, 15) is 0 Å². The molecule has 0 saturated heterocycles. The molecule has 0 amide bonds. The van der Waals surface area contributed by atoms with E-state index in [1.165, 1.54) is 5.56 Å². The number of hydrogen-bond acceptors (Lipinski definition) is 2. The summed E-state index contributed by atoms with van der Waals surface area (Å²) in [6, 6.07) is 16.0. The number of aryl methyl sites for hydroxylation is 1. The highest BCUT2D eigenvalue weighted by Gasteiger charge is 2.01. The molecule has 0 radical (unpaired) electrons. The molecule has 88 valence electrons. The van der Waals surface area contributed by atoms with Crippen molar-refractivity contribution < 1.29 is 0 Å². The lowest BCUT2D eigenvalue weighted by Gasteiger charge is -2.05. The van der Waals surface area contributed by atoms with Gasteiger partial charge in [0.05, 0.1) is 5.02 Å². The van der Waals surface area contributed by atoms with Gasteiger partial charge in [-0.15, -0.1) is 11.8 Å². The number of anilines is 1. The molecular formula is C14H14ClNS. The molecule has 0 atom stereocenters. The summed E-state index contributed by atoms with van der Waals surface area (Å²) in [5.41, 5.74) is 7.85. The van der Waals surface area contributed by atoms with Crippen LogP contribution < -0.4 is 5.73 Å². The minimum atomic E-state index is 0.761. The Morgan fingerprint density at radius 1 is 1.06 bits per heavy atom. The second kappa shape index (κ2) is 5.99. The first-order chi connectivity index (χ1) is 8.25. The summed E-state index contributed by atoms with van der Waals surface area (Å²) < 4.78 is 0. The third-order valence-electron chi connectivity index (χ3n) is 2.45. The molecule has 0 fully saturated rings. The van der Waals surface area contributed by atoms with E-state index >= 15 is 0 Å². The first-order valence-corrected chi connectivity index (χ1v) is 6.84. The summed E-state index contributed by atoms with van der Waals surface area (Å²) in [7, 11) is 0. The minimum absolute atomic E-state index is 0.761. The van der Waals surface area contributed by atoms with Crippen LogP contribution in [-0.4, -0.2) is 5.75 Å². The van der Waals surface area contributed by atoms with E-state index in [2.05, 4.69) is 24.3 Å². The van der Waals surface area contributed by atoms with E-state index in [4.69, 9.17) is 17.3 Å². The first-order valence-electron chi connectivity index (χ1n) is 5.47. The van der Waals surface area contributed by atoms with Gasteiger partial charge >= 0.3 is 0 Å². The Morgan fingerprint density at radius 2 is 1.82 bits per heavy atom. The van der Waals surface area contributed by atoms with E-state index < -0.39 is 0 Å². The molecule has 0 bridgehead atoms. The molecule has 0 aromatic heterocycles. The van der Waals surface area contributed by atoms with Gasteiger partial charge in [0.15, 0.2) is 0 Å². The van der Waals surface area contributed by atoms with E-state index in [1.807, 2.05) is 24.3 Å². The Balaban J connectivity index is 1.92. The monoisotopic (exact) mass is 263 g/mol. The van der Waals surface area contributed by atoms with Gasteiger partial charge in [-0.25, -0.2) is 0 Å². The molecule has 2 aromatic carbocycles. The van der Waals surface area contributed by atoms with Crippen LogP contribution in [0.2, 0.25) is 5.02 Å². The van der Waals surface area contributed by atoms with Crippen LogP contribution in [0.5, 0.6) is 0 Å². The third-order valence-corrected chi connectivity index (χ3v) is 3.95. The molecular weight excluding hydrogens is 250 g/mol. The summed E-state index contributed by atoms with van der Waals surface area (Å²) in [4.78, 5) is 1.06. The predicted molar refractivity (Wildman–Crippen MR) is 76.7 cm³/mol. The minimum Gasteiger partial charge on any atom is -0.399 e. The van der Waals surface area contributed by atoms with E-state index in [-0.39, 0.29) is 0 Å². The Labute approximate surface area is 111 Å². The third kappa shape index (κ3) is 3.69. The number of halogens is 1. The van der Waals surface area contributed by atoms with Crippen molar-refractivity contribution in [3.05, 3.63) is 59.1 Å². The largest absolute Gasteiger partial charge is 0.399 e. The standard InChI is InChI=1S/C14H14ClNS/c15-13-7-6-12(16)10-14(13)17-9-8-11-4-2-1-3-5-11/h1-7,10H,8-9,16H2. The maximum atomic E-state index is 6.10. The maximum Gasteiger partial charge on any atom is 0.0543 e. The van der Waals surface area contributed by atoms with Gasteiger partial charge in [0.25, 0.3) is 0 Å². The van der Waals surface area contributed by atoms with Crippen LogP contribution in [0.3, 0.4) is 0 Å². The second-order valence-corrected chi connectivity index (χ2v) is 5.32. The lowest BCUT2D eigenvalue weighted by molar-refractivity contribution is 1.15. The van der Waals surface area contributed by atoms with Gasteiger partial charge in [0.2, 0.25) is 0 Å². The van der Waals surface area contributed by atoms with Crippen molar-refractivity contribution in [1.82, 2.24) is 0 Å². The molecule has 1 nitrogen and oxygen atoms in total. The van der Waals surface area contributed by atoms with Crippen LogP contribution >= 0.6 is 23.4 Å². The van der Waals surface area contributed by atoms with Crippen LogP contribution in [0, 0.1) is 0 Å². The summed E-state index contributed by atoms with van der Waals surface area (Å²) >= 11 is 7.85. The zero-order valence-electron chi connectivity index (χ0n) is 9.40. The number of nitrogens with two attached hydrogens (primary N) is 1. The fourth-order valence-electron chi connectivity index (χ4n) is 1.55. The fraction of sp³-hybridized carbons (Fsp3) is 0.143. The molecule has 0 spiro atoms. The van der Waals surface area contributed by atoms with E-state index in [0.29, 0.717) is 0 Å². The average molecular weight is 264 g/mol. The molecule has 2 N–H and O–H groups in total. The molecule has 0 unspecified atom stereocenters. The van der Waals surface area contributed by atoms with Crippen molar-refractivity contribution in [2.24, 2.45) is 0 Å². The van der Waals surface area contributed by atoms with Crippen LogP contribution in [0.4, 0.5) is 5.69 Å². The quantitative estimate of drug-likeness (QED) is 0.659. The number of benzene rings is 2. The average Bonchev–Trinajstić information content (AvgIpc) is 2.35. The SMILES string of the molecule is Nc1ccc(Cl)c(SCCc2ccccc2)c1. The molecule has 2 rings (SSSR count). The molecule has 0 aliphatic rings. The Kier molecular flexibility index (Phi) is 4.35.